The largest absolute Gasteiger partial charge is 0.508 e. The number of aromatic hydroxyl groups is 1. The van der Waals surface area contributed by atoms with Crippen molar-refractivity contribution in [3.63, 3.8) is 0 Å². The smallest absolute Gasteiger partial charge is 0.254 e. The molecule has 0 radical (unpaired) electrons. The van der Waals surface area contributed by atoms with Crippen LogP contribution in [0.2, 0.25) is 0 Å². The fraction of sp³-hybridized carbons (Fsp3) is 0.452. The van der Waals surface area contributed by atoms with Gasteiger partial charge in [-0.05, 0) is 85.8 Å². The van der Waals surface area contributed by atoms with Crippen LogP contribution in [0.25, 0.3) is 10.8 Å². The number of aliphatic hydroxyl groups is 1. The lowest BCUT2D eigenvalue weighted by molar-refractivity contribution is -0.129. The molecule has 5 nitrogen and oxygen atoms in total. The highest BCUT2D eigenvalue weighted by atomic mass is 16.3. The van der Waals surface area contributed by atoms with Gasteiger partial charge in [-0.2, -0.15) is 0 Å². The maximum absolute atomic E-state index is 14.0. The van der Waals surface area contributed by atoms with Gasteiger partial charge in [-0.3, -0.25) is 4.79 Å². The van der Waals surface area contributed by atoms with E-state index in [4.69, 9.17) is 0 Å². The Morgan fingerprint density at radius 3 is 2.58 bits per heavy atom. The summed E-state index contributed by atoms with van der Waals surface area (Å²) in [6, 6.07) is 21.5. The van der Waals surface area contributed by atoms with E-state index in [0.29, 0.717) is 37.4 Å². The molecule has 0 aromatic heterocycles. The Morgan fingerprint density at radius 1 is 1.06 bits per heavy atom. The molecule has 2 aliphatic rings. The Labute approximate surface area is 214 Å². The summed E-state index contributed by atoms with van der Waals surface area (Å²) in [6.07, 6.45) is 2.86. The fourth-order valence-corrected chi connectivity index (χ4v) is 6.69. The maximum atomic E-state index is 14.0. The predicted molar refractivity (Wildman–Crippen MR) is 144 cm³/mol. The number of phenols is 1. The summed E-state index contributed by atoms with van der Waals surface area (Å²) in [7, 11) is 2.06. The highest BCUT2D eigenvalue weighted by Gasteiger charge is 2.58. The third-order valence-electron chi connectivity index (χ3n) is 8.48. The average Bonchev–Trinajstić information content (AvgIpc) is 2.86. The van der Waals surface area contributed by atoms with Gasteiger partial charge >= 0.3 is 0 Å². The zero-order valence-corrected chi connectivity index (χ0v) is 21.7. The van der Waals surface area contributed by atoms with Gasteiger partial charge in [-0.1, -0.05) is 56.3 Å². The predicted octanol–water partition coefficient (Wildman–Crippen LogP) is 5.20. The molecule has 5 heteroatoms. The van der Waals surface area contributed by atoms with Crippen molar-refractivity contribution >= 4 is 16.7 Å². The van der Waals surface area contributed by atoms with E-state index in [2.05, 4.69) is 42.8 Å². The van der Waals surface area contributed by atoms with Crippen molar-refractivity contribution in [1.29, 1.82) is 0 Å². The van der Waals surface area contributed by atoms with E-state index >= 15 is 0 Å². The van der Waals surface area contributed by atoms with Crippen LogP contribution < -0.4 is 0 Å². The molecule has 1 heterocycles. The van der Waals surface area contributed by atoms with Gasteiger partial charge in [0.15, 0.2) is 0 Å². The van der Waals surface area contributed by atoms with Crippen LogP contribution in [-0.4, -0.2) is 64.2 Å². The van der Waals surface area contributed by atoms with Crippen molar-refractivity contribution in [2.75, 3.05) is 26.7 Å². The number of phenolic OH excluding ortho intramolecular Hbond substituents is 1. The van der Waals surface area contributed by atoms with Crippen LogP contribution in [0, 0.1) is 5.92 Å². The van der Waals surface area contributed by atoms with Gasteiger partial charge < -0.3 is 20.0 Å². The molecular weight excluding hydrogens is 448 g/mol. The molecular formula is C31H38N2O3. The summed E-state index contributed by atoms with van der Waals surface area (Å²) in [4.78, 5) is 18.3. The van der Waals surface area contributed by atoms with E-state index in [-0.39, 0.29) is 17.7 Å². The molecule has 0 spiro atoms. The molecule has 3 aromatic carbocycles. The number of nitrogens with zero attached hydrogens (tertiary/aromatic N) is 2. The number of fused-ring (bicyclic) bond motifs is 2. The first-order chi connectivity index (χ1) is 17.2. The molecule has 1 amide bonds. The number of benzene rings is 3. The molecule has 1 saturated carbocycles. The SMILES string of the molecule is CC(C)CN(C(=O)c1ccc2ccccc2c1)[C@H]1CC[C@]2(O)CN(C)CC[C@@]2(c2cccc(O)c2)C1. The molecule has 3 aromatic rings. The lowest BCUT2D eigenvalue weighted by Gasteiger charge is -2.59. The van der Waals surface area contributed by atoms with Crippen LogP contribution in [0.15, 0.2) is 66.7 Å². The Hall–Kier alpha value is -2.89. The molecule has 2 fully saturated rings. The quantitative estimate of drug-likeness (QED) is 0.520. The first-order valence-electron chi connectivity index (χ1n) is 13.2. The van der Waals surface area contributed by atoms with Crippen molar-refractivity contribution < 1.29 is 15.0 Å². The minimum absolute atomic E-state index is 0.0115. The van der Waals surface area contributed by atoms with Crippen molar-refractivity contribution in [1.82, 2.24) is 9.80 Å². The first-order valence-corrected chi connectivity index (χ1v) is 13.2. The number of carbonyl (C=O) groups is 1. The van der Waals surface area contributed by atoms with Gasteiger partial charge in [0.1, 0.15) is 5.75 Å². The minimum Gasteiger partial charge on any atom is -0.508 e. The summed E-state index contributed by atoms with van der Waals surface area (Å²) in [5, 5.41) is 24.6. The highest BCUT2D eigenvalue weighted by molar-refractivity contribution is 5.98. The van der Waals surface area contributed by atoms with Gasteiger partial charge in [-0.25, -0.2) is 0 Å². The molecule has 0 bridgehead atoms. The van der Waals surface area contributed by atoms with Crippen molar-refractivity contribution in [2.45, 2.75) is 56.6 Å². The molecule has 1 aliphatic carbocycles. The molecule has 5 rings (SSSR count). The number of carbonyl (C=O) groups excluding carboxylic acids is 1. The Morgan fingerprint density at radius 2 is 1.83 bits per heavy atom. The lowest BCUT2D eigenvalue weighted by Crippen LogP contribution is -2.67. The Kier molecular flexibility index (Phi) is 6.56. The molecule has 190 valence electrons. The number of rotatable bonds is 5. The van der Waals surface area contributed by atoms with Crippen LogP contribution in [0.5, 0.6) is 5.75 Å². The number of hydrogen-bond acceptors (Lipinski definition) is 4. The summed E-state index contributed by atoms with van der Waals surface area (Å²) in [5.74, 6) is 0.602. The van der Waals surface area contributed by atoms with Crippen LogP contribution in [0.3, 0.4) is 0 Å². The second-order valence-corrected chi connectivity index (χ2v) is 11.5. The van der Waals surface area contributed by atoms with E-state index in [9.17, 15) is 15.0 Å². The van der Waals surface area contributed by atoms with Crippen molar-refractivity contribution in [2.24, 2.45) is 5.92 Å². The van der Waals surface area contributed by atoms with Gasteiger partial charge in [0.25, 0.3) is 5.91 Å². The summed E-state index contributed by atoms with van der Waals surface area (Å²) in [5.41, 5.74) is 0.273. The number of likely N-dealkylation sites (tertiary alicyclic amines) is 1. The zero-order chi connectivity index (χ0) is 25.5. The summed E-state index contributed by atoms with van der Waals surface area (Å²) < 4.78 is 0. The molecule has 1 saturated heterocycles. The number of amides is 1. The molecule has 0 unspecified atom stereocenters. The van der Waals surface area contributed by atoms with E-state index in [0.717, 1.165) is 35.7 Å². The van der Waals surface area contributed by atoms with Crippen molar-refractivity contribution in [3.05, 3.63) is 77.9 Å². The maximum Gasteiger partial charge on any atom is 0.254 e. The van der Waals surface area contributed by atoms with Gasteiger partial charge in [0.2, 0.25) is 0 Å². The van der Waals surface area contributed by atoms with E-state index in [1.807, 2.05) is 48.5 Å². The number of piperidine rings is 1. The number of likely N-dealkylation sites (N-methyl/N-ethyl adjacent to an activating group) is 1. The Bertz CT molecular complexity index is 1260. The normalized spacial score (nSPS) is 26.6. The molecule has 1 aliphatic heterocycles. The summed E-state index contributed by atoms with van der Waals surface area (Å²) >= 11 is 0. The van der Waals surface area contributed by atoms with Gasteiger partial charge in [-0.15, -0.1) is 0 Å². The average molecular weight is 487 g/mol. The summed E-state index contributed by atoms with van der Waals surface area (Å²) in [6.45, 7) is 6.44. The zero-order valence-electron chi connectivity index (χ0n) is 21.7. The van der Waals surface area contributed by atoms with Crippen LogP contribution >= 0.6 is 0 Å². The first kappa shape index (κ1) is 24.8. The van der Waals surface area contributed by atoms with Crippen molar-refractivity contribution in [3.8, 4) is 5.75 Å². The lowest BCUT2D eigenvalue weighted by atomic mass is 9.55. The standard InChI is InChI=1S/C31H38N2O3/c1-22(2)20-33(29(35)25-12-11-23-7-4-5-8-24(23)17-25)27-13-14-31(36)21-32(3)16-15-30(31,19-27)26-9-6-10-28(34)18-26/h4-12,17-18,22,27,34,36H,13-16,19-21H2,1-3H3/t27-,30-,31-/m0/s1. The highest BCUT2D eigenvalue weighted by Crippen LogP contribution is 2.53. The topological polar surface area (TPSA) is 64.0 Å². The monoisotopic (exact) mass is 486 g/mol. The van der Waals surface area contributed by atoms with E-state index < -0.39 is 11.0 Å². The second-order valence-electron chi connectivity index (χ2n) is 11.5. The van der Waals surface area contributed by atoms with Gasteiger partial charge in [0, 0.05) is 30.1 Å². The minimum atomic E-state index is -0.903. The molecule has 36 heavy (non-hydrogen) atoms. The molecule has 3 atom stereocenters. The van der Waals surface area contributed by atoms with Crippen LogP contribution in [0.4, 0.5) is 0 Å². The second kappa shape index (κ2) is 9.53. The van der Waals surface area contributed by atoms with Crippen LogP contribution in [0.1, 0.15) is 55.5 Å². The third-order valence-corrected chi connectivity index (χ3v) is 8.48. The van der Waals surface area contributed by atoms with Crippen LogP contribution in [-0.2, 0) is 5.41 Å². The van der Waals surface area contributed by atoms with Gasteiger partial charge in [0.05, 0.1) is 5.60 Å². The van der Waals surface area contributed by atoms with E-state index in [1.165, 1.54) is 0 Å². The molecule has 2 N–H and O–H groups in total. The number of β-amino-alcohol motifs (C(OH)–C–C–N with tert-alkyl or cyclic N) is 1. The van der Waals surface area contributed by atoms with E-state index in [1.54, 1.807) is 6.07 Å². The number of hydrogen-bond donors (Lipinski definition) is 2. The fourth-order valence-electron chi connectivity index (χ4n) is 6.69. The Balaban J connectivity index is 1.53. The third kappa shape index (κ3) is 4.39.